The van der Waals surface area contributed by atoms with Gasteiger partial charge in [0.15, 0.2) is 0 Å². The Balaban J connectivity index is 2.26. The highest BCUT2D eigenvalue weighted by atomic mass is 32.2. The number of halogens is 2. The van der Waals surface area contributed by atoms with Crippen LogP contribution in [0.5, 0.6) is 0 Å². The van der Waals surface area contributed by atoms with E-state index in [1.807, 2.05) is 0 Å². The molecule has 0 bridgehead atoms. The van der Waals surface area contributed by atoms with E-state index in [4.69, 9.17) is 5.73 Å². The monoisotopic (exact) mass is 167 g/mol. The number of thioether (sulfide) groups is 1. The second-order valence-electron chi connectivity index (χ2n) is 2.59. The zero-order valence-electron chi connectivity index (χ0n) is 5.59. The molecule has 0 aliphatic carbocycles. The predicted molar refractivity (Wildman–Crippen MR) is 39.4 cm³/mol. The molecule has 2 atom stereocenters. The van der Waals surface area contributed by atoms with E-state index in [-0.39, 0.29) is 18.4 Å². The van der Waals surface area contributed by atoms with E-state index in [9.17, 15) is 8.78 Å². The summed E-state index contributed by atoms with van der Waals surface area (Å²) in [4.78, 5) is 0. The minimum atomic E-state index is -2.19. The van der Waals surface area contributed by atoms with Gasteiger partial charge in [-0.05, 0) is 11.7 Å². The van der Waals surface area contributed by atoms with Gasteiger partial charge in [-0.2, -0.15) is 11.8 Å². The molecule has 1 fully saturated rings. The molecule has 1 aliphatic rings. The SMILES string of the molecule is NC1CSCC1CC(F)F. The van der Waals surface area contributed by atoms with E-state index >= 15 is 0 Å². The molecule has 0 amide bonds. The van der Waals surface area contributed by atoms with Crippen LogP contribution in [-0.4, -0.2) is 24.0 Å². The van der Waals surface area contributed by atoms with Crippen molar-refractivity contribution >= 4 is 11.8 Å². The Hall–Kier alpha value is 0.170. The second kappa shape index (κ2) is 3.53. The molecule has 1 nitrogen and oxygen atoms in total. The van der Waals surface area contributed by atoms with Crippen LogP contribution >= 0.6 is 11.8 Å². The van der Waals surface area contributed by atoms with Gasteiger partial charge in [0.1, 0.15) is 0 Å². The standard InChI is InChI=1S/C6H11F2NS/c7-6(8)1-4-2-10-3-5(4)9/h4-6H,1-3,9H2. The molecule has 2 unspecified atom stereocenters. The van der Waals surface area contributed by atoms with Crippen LogP contribution in [0, 0.1) is 5.92 Å². The Morgan fingerprint density at radius 1 is 1.50 bits per heavy atom. The minimum Gasteiger partial charge on any atom is -0.327 e. The van der Waals surface area contributed by atoms with Crippen molar-refractivity contribution in [3.05, 3.63) is 0 Å². The third kappa shape index (κ3) is 2.09. The molecule has 2 N–H and O–H groups in total. The predicted octanol–water partition coefficient (Wildman–Crippen LogP) is 1.33. The molecule has 0 aromatic carbocycles. The third-order valence-electron chi connectivity index (χ3n) is 1.73. The molecule has 0 radical (unpaired) electrons. The fraction of sp³-hybridized carbons (Fsp3) is 1.00. The molecule has 0 saturated carbocycles. The van der Waals surface area contributed by atoms with Crippen molar-refractivity contribution in [3.8, 4) is 0 Å². The molecule has 1 aliphatic heterocycles. The van der Waals surface area contributed by atoms with Gasteiger partial charge >= 0.3 is 0 Å². The summed E-state index contributed by atoms with van der Waals surface area (Å²) < 4.78 is 23.6. The quantitative estimate of drug-likeness (QED) is 0.671. The van der Waals surface area contributed by atoms with E-state index in [1.165, 1.54) is 0 Å². The highest BCUT2D eigenvalue weighted by Gasteiger charge is 2.26. The van der Waals surface area contributed by atoms with E-state index < -0.39 is 6.43 Å². The number of rotatable bonds is 2. The molecular weight excluding hydrogens is 156 g/mol. The van der Waals surface area contributed by atoms with Gasteiger partial charge in [0.05, 0.1) is 0 Å². The minimum absolute atomic E-state index is 0.000926. The van der Waals surface area contributed by atoms with Crippen LogP contribution in [0.3, 0.4) is 0 Å². The second-order valence-corrected chi connectivity index (χ2v) is 3.66. The fourth-order valence-corrected chi connectivity index (χ4v) is 2.45. The first-order valence-corrected chi connectivity index (χ1v) is 4.47. The Morgan fingerprint density at radius 3 is 2.60 bits per heavy atom. The molecule has 0 spiro atoms. The van der Waals surface area contributed by atoms with E-state index in [0.29, 0.717) is 0 Å². The van der Waals surface area contributed by atoms with E-state index in [2.05, 4.69) is 0 Å². The average Bonchev–Trinajstić information content (AvgIpc) is 2.15. The summed E-state index contributed by atoms with van der Waals surface area (Å²) in [6, 6.07) is -0.000926. The molecule has 10 heavy (non-hydrogen) atoms. The summed E-state index contributed by atoms with van der Waals surface area (Å²) in [5, 5.41) is 0. The summed E-state index contributed by atoms with van der Waals surface area (Å²) in [6.07, 6.45) is -2.21. The average molecular weight is 167 g/mol. The third-order valence-corrected chi connectivity index (χ3v) is 3.01. The summed E-state index contributed by atoms with van der Waals surface area (Å²) >= 11 is 1.67. The van der Waals surface area contributed by atoms with E-state index in [1.54, 1.807) is 11.8 Å². The first-order chi connectivity index (χ1) is 4.70. The van der Waals surface area contributed by atoms with Crippen molar-refractivity contribution in [1.29, 1.82) is 0 Å². The molecule has 1 heterocycles. The van der Waals surface area contributed by atoms with Gasteiger partial charge in [0, 0.05) is 18.2 Å². The topological polar surface area (TPSA) is 26.0 Å². The molecule has 1 rings (SSSR count). The largest absolute Gasteiger partial charge is 0.327 e. The van der Waals surface area contributed by atoms with Crippen LogP contribution in [0.2, 0.25) is 0 Å². The van der Waals surface area contributed by atoms with Gasteiger partial charge in [-0.15, -0.1) is 0 Å². The van der Waals surface area contributed by atoms with Gasteiger partial charge in [-0.25, -0.2) is 8.78 Å². The highest BCUT2D eigenvalue weighted by molar-refractivity contribution is 7.99. The normalized spacial score (nSPS) is 33.6. The number of hydrogen-bond acceptors (Lipinski definition) is 2. The van der Waals surface area contributed by atoms with Crippen LogP contribution in [-0.2, 0) is 0 Å². The maximum absolute atomic E-state index is 11.8. The van der Waals surface area contributed by atoms with Crippen molar-refractivity contribution in [2.45, 2.75) is 18.9 Å². The summed E-state index contributed by atoms with van der Waals surface area (Å²) in [5.74, 6) is 1.70. The Kier molecular flexibility index (Phi) is 2.92. The van der Waals surface area contributed by atoms with Crippen molar-refractivity contribution in [2.24, 2.45) is 11.7 Å². The van der Waals surface area contributed by atoms with Crippen molar-refractivity contribution in [3.63, 3.8) is 0 Å². The Labute approximate surface area is 63.4 Å². The molecule has 60 valence electrons. The Bertz CT molecular complexity index is 110. The highest BCUT2D eigenvalue weighted by Crippen LogP contribution is 2.27. The molecular formula is C6H11F2NS. The van der Waals surface area contributed by atoms with Crippen LogP contribution < -0.4 is 5.73 Å². The van der Waals surface area contributed by atoms with Crippen molar-refractivity contribution in [1.82, 2.24) is 0 Å². The molecule has 1 saturated heterocycles. The smallest absolute Gasteiger partial charge is 0.239 e. The van der Waals surface area contributed by atoms with Crippen LogP contribution in [0.4, 0.5) is 8.78 Å². The van der Waals surface area contributed by atoms with Gasteiger partial charge in [-0.1, -0.05) is 0 Å². The maximum Gasteiger partial charge on any atom is 0.239 e. The fourth-order valence-electron chi connectivity index (χ4n) is 1.09. The van der Waals surface area contributed by atoms with Gasteiger partial charge in [-0.3, -0.25) is 0 Å². The lowest BCUT2D eigenvalue weighted by atomic mass is 10.0. The van der Waals surface area contributed by atoms with Crippen LogP contribution in [0.25, 0.3) is 0 Å². The molecule has 0 aromatic rings. The zero-order valence-corrected chi connectivity index (χ0v) is 6.41. The van der Waals surface area contributed by atoms with Gasteiger partial charge in [0.2, 0.25) is 6.43 Å². The van der Waals surface area contributed by atoms with Crippen molar-refractivity contribution < 1.29 is 8.78 Å². The van der Waals surface area contributed by atoms with Crippen LogP contribution in [0.1, 0.15) is 6.42 Å². The molecule has 4 heteroatoms. The number of nitrogens with two attached hydrogens (primary N) is 1. The lowest BCUT2D eigenvalue weighted by Crippen LogP contribution is -2.29. The van der Waals surface area contributed by atoms with Crippen LogP contribution in [0.15, 0.2) is 0 Å². The first-order valence-electron chi connectivity index (χ1n) is 3.31. The molecule has 0 aromatic heterocycles. The summed E-state index contributed by atoms with van der Waals surface area (Å²) in [5.41, 5.74) is 5.57. The van der Waals surface area contributed by atoms with Gasteiger partial charge in [0.25, 0.3) is 0 Å². The lowest BCUT2D eigenvalue weighted by Gasteiger charge is -2.12. The lowest BCUT2D eigenvalue weighted by molar-refractivity contribution is 0.116. The summed E-state index contributed by atoms with van der Waals surface area (Å²) in [7, 11) is 0. The number of hydrogen-bond donors (Lipinski definition) is 1. The van der Waals surface area contributed by atoms with Gasteiger partial charge < -0.3 is 5.73 Å². The summed E-state index contributed by atoms with van der Waals surface area (Å²) in [6.45, 7) is 0. The maximum atomic E-state index is 11.8. The zero-order chi connectivity index (χ0) is 7.56. The number of alkyl halides is 2. The van der Waals surface area contributed by atoms with Crippen molar-refractivity contribution in [2.75, 3.05) is 11.5 Å². The first kappa shape index (κ1) is 8.27. The Morgan fingerprint density at radius 2 is 2.20 bits per heavy atom. The van der Waals surface area contributed by atoms with E-state index in [0.717, 1.165) is 11.5 Å².